The van der Waals surface area contributed by atoms with Crippen molar-refractivity contribution in [2.24, 2.45) is 5.92 Å². The van der Waals surface area contributed by atoms with E-state index in [0.29, 0.717) is 0 Å². The second kappa shape index (κ2) is 22.3. The van der Waals surface area contributed by atoms with Crippen molar-refractivity contribution in [1.82, 2.24) is 4.90 Å². The Kier molecular flexibility index (Phi) is 22.2. The topological polar surface area (TPSA) is 3.24 Å². The van der Waals surface area contributed by atoms with Crippen LogP contribution < -0.4 is 0 Å². The predicted octanol–water partition coefficient (Wildman–Crippen LogP) is 9.01. The van der Waals surface area contributed by atoms with Gasteiger partial charge in [-0.3, -0.25) is 0 Å². The van der Waals surface area contributed by atoms with Crippen LogP contribution in [-0.4, -0.2) is 25.5 Å². The first kappa shape index (κ1) is 27.0. The fourth-order valence-electron chi connectivity index (χ4n) is 4.33. The van der Waals surface area contributed by atoms with E-state index in [-0.39, 0.29) is 0 Å². The van der Waals surface area contributed by atoms with Gasteiger partial charge in [-0.15, -0.1) is 0 Å². The maximum Gasteiger partial charge on any atom is -0.00248 e. The molecule has 0 spiro atoms. The van der Waals surface area contributed by atoms with Crippen molar-refractivity contribution in [3.8, 4) is 0 Å². The van der Waals surface area contributed by atoms with Crippen LogP contribution in [0.25, 0.3) is 0 Å². The maximum atomic E-state index is 2.37. The molecule has 0 rings (SSSR count). The normalized spacial score (nSPS) is 12.8. The molecule has 0 aromatic heterocycles. The minimum absolute atomic E-state index is 1.02. The zero-order chi connectivity index (χ0) is 20.0. The van der Waals surface area contributed by atoms with E-state index in [1.54, 1.807) is 0 Å². The van der Waals surface area contributed by atoms with E-state index < -0.39 is 0 Å². The van der Waals surface area contributed by atoms with Crippen molar-refractivity contribution in [2.75, 3.05) is 20.6 Å². The summed E-state index contributed by atoms with van der Waals surface area (Å²) in [6, 6.07) is 0. The van der Waals surface area contributed by atoms with E-state index in [1.807, 2.05) is 0 Å². The van der Waals surface area contributed by atoms with Crippen LogP contribution in [0.2, 0.25) is 0 Å². The molecule has 1 atom stereocenters. The quantitative estimate of drug-likeness (QED) is 0.169. The Morgan fingerprint density at radius 3 is 1.26 bits per heavy atom. The number of rotatable bonds is 22. The van der Waals surface area contributed by atoms with Gasteiger partial charge in [-0.05, 0) is 33.0 Å². The van der Waals surface area contributed by atoms with Crippen LogP contribution in [0.3, 0.4) is 0 Å². The summed E-state index contributed by atoms with van der Waals surface area (Å²) in [6.07, 6.45) is 29.2. The molecule has 0 aromatic carbocycles. The molecule has 1 heteroatoms. The van der Waals surface area contributed by atoms with Crippen molar-refractivity contribution in [3.05, 3.63) is 0 Å². The van der Waals surface area contributed by atoms with Crippen LogP contribution >= 0.6 is 0 Å². The van der Waals surface area contributed by atoms with Crippen molar-refractivity contribution >= 4 is 0 Å². The Morgan fingerprint density at radius 1 is 0.444 bits per heavy atom. The Balaban J connectivity index is 3.41. The fourth-order valence-corrected chi connectivity index (χ4v) is 4.33. The summed E-state index contributed by atoms with van der Waals surface area (Å²) in [7, 11) is 4.37. The molecule has 0 fully saturated rings. The van der Waals surface area contributed by atoms with Gasteiger partial charge in [-0.25, -0.2) is 0 Å². The molecule has 0 saturated carbocycles. The second-order valence-electron chi connectivity index (χ2n) is 9.34. The van der Waals surface area contributed by atoms with Crippen LogP contribution in [0, 0.1) is 5.92 Å². The SMILES string of the molecule is CCCCCCCCCCCCCCC(CCC)CCCCCCN(C)C. The summed E-state index contributed by atoms with van der Waals surface area (Å²) in [5.74, 6) is 1.02. The molecular weight excluding hydrogens is 326 g/mol. The third-order valence-corrected chi connectivity index (χ3v) is 6.13. The van der Waals surface area contributed by atoms with Gasteiger partial charge in [0.05, 0.1) is 0 Å². The Bertz CT molecular complexity index is 261. The third kappa shape index (κ3) is 22.1. The average molecular weight is 382 g/mol. The van der Waals surface area contributed by atoms with Crippen LogP contribution in [0.5, 0.6) is 0 Å². The number of hydrogen-bond acceptors (Lipinski definition) is 1. The zero-order valence-corrected chi connectivity index (χ0v) is 19.9. The molecule has 0 aromatic rings. The highest BCUT2D eigenvalue weighted by Gasteiger charge is 2.07. The largest absolute Gasteiger partial charge is 0.309 e. The van der Waals surface area contributed by atoms with Crippen molar-refractivity contribution in [1.29, 1.82) is 0 Å². The van der Waals surface area contributed by atoms with Crippen LogP contribution in [0.15, 0.2) is 0 Å². The summed E-state index contributed by atoms with van der Waals surface area (Å²) < 4.78 is 0. The molecular formula is C26H55N. The molecule has 0 aliphatic rings. The lowest BCUT2D eigenvalue weighted by atomic mass is 9.90. The van der Waals surface area contributed by atoms with Gasteiger partial charge in [-0.1, -0.05) is 136 Å². The summed E-state index contributed by atoms with van der Waals surface area (Å²) in [5, 5.41) is 0. The molecule has 0 saturated heterocycles. The number of unbranched alkanes of at least 4 members (excludes halogenated alkanes) is 14. The second-order valence-corrected chi connectivity index (χ2v) is 9.34. The molecule has 27 heavy (non-hydrogen) atoms. The Morgan fingerprint density at radius 2 is 0.852 bits per heavy atom. The maximum absolute atomic E-state index is 2.37. The highest BCUT2D eigenvalue weighted by Crippen LogP contribution is 2.23. The van der Waals surface area contributed by atoms with Crippen LogP contribution in [-0.2, 0) is 0 Å². The van der Waals surface area contributed by atoms with Crippen LogP contribution in [0.1, 0.15) is 142 Å². The number of hydrogen-bond donors (Lipinski definition) is 0. The summed E-state index contributed by atoms with van der Waals surface area (Å²) in [6.45, 7) is 5.93. The fraction of sp³-hybridized carbons (Fsp3) is 1.00. The smallest absolute Gasteiger partial charge is 0.00248 e. The van der Waals surface area contributed by atoms with Crippen LogP contribution in [0.4, 0.5) is 0 Å². The van der Waals surface area contributed by atoms with E-state index >= 15 is 0 Å². The van der Waals surface area contributed by atoms with E-state index in [9.17, 15) is 0 Å². The number of nitrogens with zero attached hydrogens (tertiary/aromatic N) is 1. The van der Waals surface area contributed by atoms with Crippen molar-refractivity contribution < 1.29 is 0 Å². The molecule has 164 valence electrons. The van der Waals surface area contributed by atoms with Gasteiger partial charge < -0.3 is 4.90 Å². The van der Waals surface area contributed by atoms with Gasteiger partial charge in [0.15, 0.2) is 0 Å². The van der Waals surface area contributed by atoms with E-state index in [1.165, 1.54) is 135 Å². The first-order valence-corrected chi connectivity index (χ1v) is 12.8. The highest BCUT2D eigenvalue weighted by molar-refractivity contribution is 4.61. The Labute approximate surface area is 174 Å². The lowest BCUT2D eigenvalue weighted by Gasteiger charge is -2.16. The minimum atomic E-state index is 1.02. The summed E-state index contributed by atoms with van der Waals surface area (Å²) >= 11 is 0. The van der Waals surface area contributed by atoms with Gasteiger partial charge >= 0.3 is 0 Å². The molecule has 0 N–H and O–H groups in total. The first-order valence-electron chi connectivity index (χ1n) is 12.8. The third-order valence-electron chi connectivity index (χ3n) is 6.13. The minimum Gasteiger partial charge on any atom is -0.309 e. The summed E-state index contributed by atoms with van der Waals surface area (Å²) in [5.41, 5.74) is 0. The lowest BCUT2D eigenvalue weighted by Crippen LogP contribution is -2.12. The van der Waals surface area contributed by atoms with Crippen molar-refractivity contribution in [3.63, 3.8) is 0 Å². The molecule has 0 aliphatic heterocycles. The molecule has 0 bridgehead atoms. The Hall–Kier alpha value is -0.0400. The highest BCUT2D eigenvalue weighted by atomic mass is 15.0. The molecule has 0 heterocycles. The predicted molar refractivity (Wildman–Crippen MR) is 126 cm³/mol. The zero-order valence-electron chi connectivity index (χ0n) is 19.9. The van der Waals surface area contributed by atoms with Gasteiger partial charge in [0, 0.05) is 0 Å². The first-order chi connectivity index (χ1) is 13.2. The molecule has 1 nitrogen and oxygen atoms in total. The van der Waals surface area contributed by atoms with Gasteiger partial charge in [0.25, 0.3) is 0 Å². The van der Waals surface area contributed by atoms with Gasteiger partial charge in [0.1, 0.15) is 0 Å². The molecule has 1 unspecified atom stereocenters. The molecule has 0 radical (unpaired) electrons. The van der Waals surface area contributed by atoms with Crippen molar-refractivity contribution in [2.45, 2.75) is 142 Å². The van der Waals surface area contributed by atoms with E-state index in [0.717, 1.165) is 5.92 Å². The van der Waals surface area contributed by atoms with E-state index in [4.69, 9.17) is 0 Å². The lowest BCUT2D eigenvalue weighted by molar-refractivity contribution is 0.365. The average Bonchev–Trinajstić information content (AvgIpc) is 2.65. The molecule has 0 aliphatic carbocycles. The van der Waals surface area contributed by atoms with Gasteiger partial charge in [-0.2, -0.15) is 0 Å². The monoisotopic (exact) mass is 381 g/mol. The van der Waals surface area contributed by atoms with E-state index in [2.05, 4.69) is 32.8 Å². The molecule has 0 amide bonds. The standard InChI is InChI=1S/C26H55N/c1-5-7-8-9-10-11-12-13-14-15-16-19-23-26(22-6-2)24-20-17-18-21-25-27(3)4/h26H,5-25H2,1-4H3. The van der Waals surface area contributed by atoms with Gasteiger partial charge in [0.2, 0.25) is 0 Å². The summed E-state index contributed by atoms with van der Waals surface area (Å²) in [4.78, 5) is 2.31.